The summed E-state index contributed by atoms with van der Waals surface area (Å²) in [5.41, 5.74) is -1.23. The van der Waals surface area contributed by atoms with Crippen LogP contribution < -0.4 is 10.0 Å². The number of nitrogens with one attached hydrogen (secondary N) is 2. The molecular formula is C18H25ClF3N3O3S. The maximum Gasteiger partial charge on any atom is 0.417 e. The van der Waals surface area contributed by atoms with E-state index in [4.69, 9.17) is 11.6 Å². The number of alkyl halides is 3. The smallest absolute Gasteiger partial charge is 0.356 e. The lowest BCUT2D eigenvalue weighted by Gasteiger charge is -2.20. The number of rotatable bonds is 9. The van der Waals surface area contributed by atoms with Crippen LogP contribution in [0.25, 0.3) is 0 Å². The van der Waals surface area contributed by atoms with Gasteiger partial charge in [0.15, 0.2) is 0 Å². The Labute approximate surface area is 173 Å². The highest BCUT2D eigenvalue weighted by atomic mass is 35.5. The molecule has 0 spiro atoms. The zero-order chi connectivity index (χ0) is 21.7. The molecule has 164 valence electrons. The predicted octanol–water partition coefficient (Wildman–Crippen LogP) is 2.88. The summed E-state index contributed by atoms with van der Waals surface area (Å²) in [4.78, 5) is 13.7. The molecule has 11 heteroatoms. The van der Waals surface area contributed by atoms with Gasteiger partial charge in [-0.25, -0.2) is 13.1 Å². The number of amides is 1. The van der Waals surface area contributed by atoms with Gasteiger partial charge < -0.3 is 10.2 Å². The molecule has 1 unspecified atom stereocenters. The van der Waals surface area contributed by atoms with Crippen LogP contribution in [0.4, 0.5) is 13.2 Å². The van der Waals surface area contributed by atoms with E-state index in [0.29, 0.717) is 12.6 Å². The zero-order valence-electron chi connectivity index (χ0n) is 16.1. The molecule has 1 heterocycles. The van der Waals surface area contributed by atoms with E-state index in [1.807, 2.05) is 6.92 Å². The standard InChI is InChI=1S/C18H25ClF3N3O3S/c1-13(12-25-8-2-3-9-25)11-23-17(26)6-7-24-29(27,28)14-4-5-16(19)15(10-14)18(20,21)22/h4-5,10,13,24H,2-3,6-9,11-12H2,1H3,(H,23,26). The molecule has 1 aliphatic heterocycles. The number of hydrogen-bond acceptors (Lipinski definition) is 4. The molecule has 0 aliphatic carbocycles. The molecule has 2 rings (SSSR count). The van der Waals surface area contributed by atoms with Crippen molar-refractivity contribution in [3.05, 3.63) is 28.8 Å². The van der Waals surface area contributed by atoms with Crippen molar-refractivity contribution in [2.45, 2.75) is 37.3 Å². The first kappa shape index (κ1) is 23.9. The molecule has 2 N–H and O–H groups in total. The summed E-state index contributed by atoms with van der Waals surface area (Å²) in [6.45, 7) is 5.32. The maximum absolute atomic E-state index is 12.9. The van der Waals surface area contributed by atoms with Crippen molar-refractivity contribution in [2.75, 3.05) is 32.7 Å². The number of nitrogens with zero attached hydrogens (tertiary/aromatic N) is 1. The fourth-order valence-electron chi connectivity index (χ4n) is 3.12. The van der Waals surface area contributed by atoms with Crippen LogP contribution in [0.1, 0.15) is 31.7 Å². The van der Waals surface area contributed by atoms with E-state index in [1.165, 1.54) is 12.8 Å². The molecule has 0 saturated carbocycles. The van der Waals surface area contributed by atoms with Gasteiger partial charge in [-0.15, -0.1) is 0 Å². The highest BCUT2D eigenvalue weighted by Crippen LogP contribution is 2.35. The van der Waals surface area contributed by atoms with Gasteiger partial charge in [-0.1, -0.05) is 18.5 Å². The molecule has 0 bridgehead atoms. The van der Waals surface area contributed by atoms with Crippen LogP contribution >= 0.6 is 11.6 Å². The number of benzene rings is 1. The fourth-order valence-corrected chi connectivity index (χ4v) is 4.40. The van der Waals surface area contributed by atoms with Crippen molar-refractivity contribution in [2.24, 2.45) is 5.92 Å². The molecule has 0 radical (unpaired) electrons. The maximum atomic E-state index is 12.9. The summed E-state index contributed by atoms with van der Waals surface area (Å²) < 4.78 is 65.2. The van der Waals surface area contributed by atoms with Crippen LogP contribution in [0.3, 0.4) is 0 Å². The number of carbonyl (C=O) groups is 1. The Morgan fingerprint density at radius 1 is 1.28 bits per heavy atom. The first-order valence-electron chi connectivity index (χ1n) is 9.34. The van der Waals surface area contributed by atoms with Crippen molar-refractivity contribution < 1.29 is 26.4 Å². The van der Waals surface area contributed by atoms with Crippen molar-refractivity contribution in [1.29, 1.82) is 0 Å². The lowest BCUT2D eigenvalue weighted by atomic mass is 10.1. The van der Waals surface area contributed by atoms with E-state index in [9.17, 15) is 26.4 Å². The van der Waals surface area contributed by atoms with Gasteiger partial charge in [-0.3, -0.25) is 4.79 Å². The Morgan fingerprint density at radius 3 is 2.55 bits per heavy atom. The quantitative estimate of drug-likeness (QED) is 0.600. The number of sulfonamides is 1. The summed E-state index contributed by atoms with van der Waals surface area (Å²) in [6, 6.07) is 2.35. The number of carbonyl (C=O) groups excluding carboxylic acids is 1. The molecule has 1 atom stereocenters. The molecule has 1 aromatic carbocycles. The van der Waals surface area contributed by atoms with Gasteiger partial charge in [0.1, 0.15) is 0 Å². The number of hydrogen-bond donors (Lipinski definition) is 2. The van der Waals surface area contributed by atoms with Crippen LogP contribution in [0, 0.1) is 5.92 Å². The van der Waals surface area contributed by atoms with Crippen molar-refractivity contribution in [3.8, 4) is 0 Å². The summed E-state index contributed by atoms with van der Waals surface area (Å²) in [6.07, 6.45) is -2.50. The lowest BCUT2D eigenvalue weighted by molar-refractivity contribution is -0.137. The second-order valence-electron chi connectivity index (χ2n) is 7.20. The molecule has 1 saturated heterocycles. The van der Waals surface area contributed by atoms with Crippen LogP contribution in [0.2, 0.25) is 5.02 Å². The highest BCUT2D eigenvalue weighted by molar-refractivity contribution is 7.89. The Bertz CT molecular complexity index is 812. The molecule has 1 aromatic rings. The second kappa shape index (κ2) is 10.1. The third-order valence-corrected chi connectivity index (χ3v) is 6.40. The Morgan fingerprint density at radius 2 is 1.93 bits per heavy atom. The minimum absolute atomic E-state index is 0.116. The van der Waals surface area contributed by atoms with E-state index in [-0.39, 0.29) is 24.8 Å². The van der Waals surface area contributed by atoms with Crippen LogP contribution in [-0.2, 0) is 21.0 Å². The van der Waals surface area contributed by atoms with E-state index >= 15 is 0 Å². The zero-order valence-corrected chi connectivity index (χ0v) is 17.6. The summed E-state index contributed by atoms with van der Waals surface area (Å²) in [7, 11) is -4.20. The van der Waals surface area contributed by atoms with E-state index in [1.54, 1.807) is 0 Å². The minimum atomic E-state index is -4.77. The summed E-state index contributed by atoms with van der Waals surface area (Å²) in [5.74, 6) is -0.0587. The summed E-state index contributed by atoms with van der Waals surface area (Å²) >= 11 is 5.50. The average molecular weight is 456 g/mol. The Hall–Kier alpha value is -1.36. The largest absolute Gasteiger partial charge is 0.417 e. The van der Waals surface area contributed by atoms with Crippen molar-refractivity contribution in [1.82, 2.24) is 14.9 Å². The monoisotopic (exact) mass is 455 g/mol. The highest BCUT2D eigenvalue weighted by Gasteiger charge is 2.34. The fraction of sp³-hybridized carbons (Fsp3) is 0.611. The molecule has 0 aromatic heterocycles. The molecule has 1 aliphatic rings. The Kier molecular flexibility index (Phi) is 8.33. The van der Waals surface area contributed by atoms with Crippen LogP contribution in [0.5, 0.6) is 0 Å². The van der Waals surface area contributed by atoms with Gasteiger partial charge in [0.05, 0.1) is 15.5 Å². The molecular weight excluding hydrogens is 431 g/mol. The van der Waals surface area contributed by atoms with Crippen LogP contribution in [-0.4, -0.2) is 51.9 Å². The molecule has 1 fully saturated rings. The molecule has 1 amide bonds. The van der Waals surface area contributed by atoms with Gasteiger partial charge in [0, 0.05) is 26.1 Å². The number of likely N-dealkylation sites (tertiary alicyclic amines) is 1. The lowest BCUT2D eigenvalue weighted by Crippen LogP contribution is -2.36. The van der Waals surface area contributed by atoms with E-state index < -0.39 is 31.7 Å². The van der Waals surface area contributed by atoms with E-state index in [2.05, 4.69) is 14.9 Å². The van der Waals surface area contributed by atoms with Gasteiger partial charge in [-0.2, -0.15) is 13.2 Å². The number of halogens is 4. The first-order chi connectivity index (χ1) is 13.5. The minimum Gasteiger partial charge on any atom is -0.356 e. The van der Waals surface area contributed by atoms with Gasteiger partial charge >= 0.3 is 6.18 Å². The summed E-state index contributed by atoms with van der Waals surface area (Å²) in [5, 5.41) is 2.17. The van der Waals surface area contributed by atoms with Crippen molar-refractivity contribution >= 4 is 27.5 Å². The van der Waals surface area contributed by atoms with Gasteiger partial charge in [-0.05, 0) is 50.0 Å². The molecule has 6 nitrogen and oxygen atoms in total. The average Bonchev–Trinajstić information content (AvgIpc) is 3.12. The third kappa shape index (κ3) is 7.44. The topological polar surface area (TPSA) is 78.5 Å². The molecule has 29 heavy (non-hydrogen) atoms. The SMILES string of the molecule is CC(CNC(=O)CCNS(=O)(=O)c1ccc(Cl)c(C(F)(F)F)c1)CN1CCCC1. The Balaban J connectivity index is 1.80. The third-order valence-electron chi connectivity index (χ3n) is 4.61. The predicted molar refractivity (Wildman–Crippen MR) is 104 cm³/mol. The van der Waals surface area contributed by atoms with Crippen molar-refractivity contribution in [3.63, 3.8) is 0 Å². The van der Waals surface area contributed by atoms with Gasteiger partial charge in [0.2, 0.25) is 15.9 Å². The normalized spacial score (nSPS) is 16.7. The second-order valence-corrected chi connectivity index (χ2v) is 9.38. The first-order valence-corrected chi connectivity index (χ1v) is 11.2. The van der Waals surface area contributed by atoms with Gasteiger partial charge in [0.25, 0.3) is 0 Å². The van der Waals surface area contributed by atoms with E-state index in [0.717, 1.165) is 31.8 Å². The van der Waals surface area contributed by atoms with Crippen LogP contribution in [0.15, 0.2) is 23.1 Å².